The summed E-state index contributed by atoms with van der Waals surface area (Å²) in [6.45, 7) is 5.12. The van der Waals surface area contributed by atoms with E-state index in [1.54, 1.807) is 18.3 Å². The number of para-hydroxylation sites is 1. The lowest BCUT2D eigenvalue weighted by atomic mass is 9.96. The topological polar surface area (TPSA) is 93.9 Å². The third kappa shape index (κ3) is 4.44. The van der Waals surface area contributed by atoms with Crippen LogP contribution in [-0.2, 0) is 10.0 Å². The molecule has 0 spiro atoms. The van der Waals surface area contributed by atoms with Gasteiger partial charge in [0.1, 0.15) is 4.90 Å². The Balaban J connectivity index is 1.18. The Labute approximate surface area is 197 Å². The van der Waals surface area contributed by atoms with E-state index < -0.39 is 10.0 Å². The molecule has 0 radical (unpaired) electrons. The summed E-state index contributed by atoms with van der Waals surface area (Å²) in [6.07, 6.45) is 5.60. The Morgan fingerprint density at radius 2 is 2.12 bits per heavy atom. The van der Waals surface area contributed by atoms with E-state index >= 15 is 0 Å². The molecule has 3 N–H and O–H groups in total. The molecule has 3 heterocycles. The molecule has 0 fully saturated rings. The van der Waals surface area contributed by atoms with Crippen molar-refractivity contribution in [1.82, 2.24) is 24.8 Å². The molecule has 2 aromatic carbocycles. The SMILES string of the molecule is Cc1[nH]c2ccc(Cl)cc2c1C1=CCN(CCCNS(=O)(=O)c2cccc3cn[nH]c23)CC1. The second kappa shape index (κ2) is 8.95. The summed E-state index contributed by atoms with van der Waals surface area (Å²) in [5.41, 5.74) is 5.40. The summed E-state index contributed by atoms with van der Waals surface area (Å²) in [5, 5.41) is 9.41. The molecule has 4 aromatic rings. The van der Waals surface area contributed by atoms with E-state index in [4.69, 9.17) is 11.6 Å². The first-order valence-corrected chi connectivity index (χ1v) is 12.9. The van der Waals surface area contributed by atoms with E-state index in [1.807, 2.05) is 24.3 Å². The van der Waals surface area contributed by atoms with Crippen LogP contribution in [0.3, 0.4) is 0 Å². The zero-order chi connectivity index (χ0) is 23.0. The molecule has 0 aliphatic carbocycles. The van der Waals surface area contributed by atoms with Gasteiger partial charge in [-0.25, -0.2) is 13.1 Å². The normalized spacial score (nSPS) is 15.4. The molecule has 0 saturated heterocycles. The van der Waals surface area contributed by atoms with Crippen LogP contribution in [0, 0.1) is 6.92 Å². The molecule has 2 aromatic heterocycles. The first-order valence-electron chi connectivity index (χ1n) is 11.0. The van der Waals surface area contributed by atoms with Gasteiger partial charge in [-0.3, -0.25) is 10.00 Å². The second-order valence-electron chi connectivity index (χ2n) is 8.44. The number of aromatic nitrogens is 3. The van der Waals surface area contributed by atoms with Gasteiger partial charge in [0.05, 0.1) is 11.7 Å². The lowest BCUT2D eigenvalue weighted by molar-refractivity contribution is 0.298. The summed E-state index contributed by atoms with van der Waals surface area (Å²) in [4.78, 5) is 6.04. The van der Waals surface area contributed by atoms with Crippen molar-refractivity contribution in [2.75, 3.05) is 26.2 Å². The molecule has 5 rings (SSSR count). The van der Waals surface area contributed by atoms with E-state index in [0.29, 0.717) is 12.1 Å². The molecule has 0 saturated carbocycles. The van der Waals surface area contributed by atoms with Crippen LogP contribution in [0.2, 0.25) is 5.02 Å². The highest BCUT2D eigenvalue weighted by molar-refractivity contribution is 7.89. The summed E-state index contributed by atoms with van der Waals surface area (Å²) < 4.78 is 28.2. The van der Waals surface area contributed by atoms with Gasteiger partial charge in [-0.2, -0.15) is 5.10 Å². The van der Waals surface area contributed by atoms with E-state index in [2.05, 4.69) is 37.8 Å². The molecule has 0 amide bonds. The number of hydrogen-bond donors (Lipinski definition) is 3. The predicted molar refractivity (Wildman–Crippen MR) is 133 cm³/mol. The smallest absolute Gasteiger partial charge is 0.242 e. The largest absolute Gasteiger partial charge is 0.358 e. The van der Waals surface area contributed by atoms with Gasteiger partial charge in [0, 0.05) is 52.2 Å². The number of rotatable bonds is 7. The van der Waals surface area contributed by atoms with E-state index in [1.165, 1.54) is 16.5 Å². The van der Waals surface area contributed by atoms with Crippen LogP contribution in [0.1, 0.15) is 24.1 Å². The zero-order valence-corrected chi connectivity index (χ0v) is 19.9. The molecular formula is C24H26ClN5O2S. The number of sulfonamides is 1. The van der Waals surface area contributed by atoms with Crippen LogP contribution in [0.25, 0.3) is 27.4 Å². The molecule has 7 nitrogen and oxygen atoms in total. The van der Waals surface area contributed by atoms with Crippen LogP contribution in [0.4, 0.5) is 0 Å². The number of nitrogens with zero attached hydrogens (tertiary/aromatic N) is 2. The molecule has 172 valence electrons. The Hall–Kier alpha value is -2.65. The van der Waals surface area contributed by atoms with Crippen LogP contribution in [0.5, 0.6) is 0 Å². The fourth-order valence-corrected chi connectivity index (χ4v) is 6.04. The highest BCUT2D eigenvalue weighted by atomic mass is 35.5. The number of H-pyrrole nitrogens is 2. The average Bonchev–Trinajstić information content (AvgIpc) is 3.40. The minimum Gasteiger partial charge on any atom is -0.358 e. The number of benzene rings is 2. The monoisotopic (exact) mass is 483 g/mol. The van der Waals surface area contributed by atoms with Gasteiger partial charge >= 0.3 is 0 Å². The third-order valence-corrected chi connectivity index (χ3v) is 7.97. The van der Waals surface area contributed by atoms with Crippen molar-refractivity contribution in [3.05, 3.63) is 65.0 Å². The van der Waals surface area contributed by atoms with Crippen LogP contribution >= 0.6 is 11.6 Å². The summed E-state index contributed by atoms with van der Waals surface area (Å²) in [7, 11) is -3.59. The first kappa shape index (κ1) is 22.2. The van der Waals surface area contributed by atoms with Crippen molar-refractivity contribution < 1.29 is 8.42 Å². The van der Waals surface area contributed by atoms with Crippen molar-refractivity contribution in [3.63, 3.8) is 0 Å². The van der Waals surface area contributed by atoms with Crippen molar-refractivity contribution in [3.8, 4) is 0 Å². The maximum absolute atomic E-state index is 12.7. The van der Waals surface area contributed by atoms with Gasteiger partial charge in [-0.1, -0.05) is 29.8 Å². The van der Waals surface area contributed by atoms with E-state index in [9.17, 15) is 8.42 Å². The first-order chi connectivity index (χ1) is 15.9. The number of nitrogens with one attached hydrogen (secondary N) is 3. The Kier molecular flexibility index (Phi) is 6.01. The number of hydrogen-bond acceptors (Lipinski definition) is 4. The average molecular weight is 484 g/mol. The highest BCUT2D eigenvalue weighted by Crippen LogP contribution is 2.33. The van der Waals surface area contributed by atoms with Crippen LogP contribution < -0.4 is 4.72 Å². The quantitative estimate of drug-likeness (QED) is 0.338. The molecule has 0 bridgehead atoms. The molecule has 1 aliphatic heterocycles. The lowest BCUT2D eigenvalue weighted by Crippen LogP contribution is -2.32. The summed E-state index contributed by atoms with van der Waals surface area (Å²) in [5.74, 6) is 0. The maximum atomic E-state index is 12.7. The number of aryl methyl sites for hydroxylation is 1. The number of aromatic amines is 2. The van der Waals surface area contributed by atoms with E-state index in [0.717, 1.165) is 54.1 Å². The van der Waals surface area contributed by atoms with Gasteiger partial charge in [-0.05, 0) is 56.1 Å². The van der Waals surface area contributed by atoms with Gasteiger partial charge in [0.25, 0.3) is 0 Å². The number of halogens is 1. The summed E-state index contributed by atoms with van der Waals surface area (Å²) >= 11 is 6.23. The fraction of sp³-hybridized carbons (Fsp3) is 0.292. The van der Waals surface area contributed by atoms with Crippen molar-refractivity contribution in [2.24, 2.45) is 0 Å². The highest BCUT2D eigenvalue weighted by Gasteiger charge is 2.20. The molecule has 33 heavy (non-hydrogen) atoms. The lowest BCUT2D eigenvalue weighted by Gasteiger charge is -2.26. The van der Waals surface area contributed by atoms with Crippen molar-refractivity contribution in [2.45, 2.75) is 24.7 Å². The second-order valence-corrected chi connectivity index (χ2v) is 10.6. The van der Waals surface area contributed by atoms with Gasteiger partial charge in [0.2, 0.25) is 10.0 Å². The molecule has 0 unspecified atom stereocenters. The molecule has 0 atom stereocenters. The van der Waals surface area contributed by atoms with Gasteiger partial charge < -0.3 is 4.98 Å². The Bertz CT molecular complexity index is 1450. The molecule has 1 aliphatic rings. The van der Waals surface area contributed by atoms with Gasteiger partial charge in [-0.15, -0.1) is 0 Å². The maximum Gasteiger partial charge on any atom is 0.242 e. The Morgan fingerprint density at radius 1 is 1.24 bits per heavy atom. The van der Waals surface area contributed by atoms with Crippen LogP contribution in [-0.4, -0.2) is 54.7 Å². The zero-order valence-electron chi connectivity index (χ0n) is 18.4. The third-order valence-electron chi connectivity index (χ3n) is 6.23. The number of fused-ring (bicyclic) bond motifs is 2. The van der Waals surface area contributed by atoms with E-state index in [-0.39, 0.29) is 4.90 Å². The minimum absolute atomic E-state index is 0.234. The minimum atomic E-state index is -3.59. The van der Waals surface area contributed by atoms with Crippen LogP contribution in [0.15, 0.2) is 53.6 Å². The summed E-state index contributed by atoms with van der Waals surface area (Å²) in [6, 6.07) is 11.1. The molecular weight excluding hydrogens is 458 g/mol. The Morgan fingerprint density at radius 3 is 2.94 bits per heavy atom. The van der Waals surface area contributed by atoms with Gasteiger partial charge in [0.15, 0.2) is 0 Å². The van der Waals surface area contributed by atoms with Crippen molar-refractivity contribution >= 4 is 49.0 Å². The fourth-order valence-electron chi connectivity index (χ4n) is 4.61. The van der Waals surface area contributed by atoms with Crippen molar-refractivity contribution in [1.29, 1.82) is 0 Å². The standard InChI is InChI=1S/C24H26ClN5O2S/c1-16-23(20-14-19(25)6-7-21(20)28-16)17-8-12-30(13-9-17)11-3-10-27-33(31,32)22-5-2-4-18-15-26-29-24(18)22/h2,4-8,14-15,27-28H,3,9-13H2,1H3,(H,26,29). The predicted octanol–water partition coefficient (Wildman–Crippen LogP) is 4.46. The molecule has 9 heteroatoms.